The van der Waals surface area contributed by atoms with Gasteiger partial charge in [-0.1, -0.05) is 36.4 Å². The Bertz CT molecular complexity index is 1020. The predicted molar refractivity (Wildman–Crippen MR) is 105 cm³/mol. The Balaban J connectivity index is 2.09. The molecule has 3 rings (SSSR count). The third-order valence-electron chi connectivity index (χ3n) is 4.55. The number of hydrogen-bond donors (Lipinski definition) is 2. The highest BCUT2D eigenvalue weighted by Crippen LogP contribution is 2.25. The molecule has 1 heterocycles. The lowest BCUT2D eigenvalue weighted by molar-refractivity contribution is -0.143. The normalized spacial score (nSPS) is 11.4. The third kappa shape index (κ3) is 3.97. The number of pyridine rings is 1. The second-order valence-corrected chi connectivity index (χ2v) is 7.14. The highest BCUT2D eigenvalue weighted by atomic mass is 16.4. The molecule has 0 fully saturated rings. The monoisotopic (exact) mass is 362 g/mol. The zero-order chi connectivity index (χ0) is 19.6. The molecule has 1 aromatic heterocycles. The van der Waals surface area contributed by atoms with Crippen LogP contribution in [0, 0.1) is 6.92 Å². The van der Waals surface area contributed by atoms with Gasteiger partial charge < -0.3 is 10.4 Å². The van der Waals surface area contributed by atoms with Crippen LogP contribution in [0.1, 0.15) is 41.2 Å². The minimum atomic E-state index is -1.36. The number of amides is 1. The molecule has 0 bridgehead atoms. The highest BCUT2D eigenvalue weighted by Gasteiger charge is 2.30. The van der Waals surface area contributed by atoms with E-state index in [0.717, 1.165) is 27.7 Å². The second-order valence-electron chi connectivity index (χ2n) is 7.14. The van der Waals surface area contributed by atoms with Crippen molar-refractivity contribution in [1.29, 1.82) is 0 Å². The molecule has 0 aliphatic carbocycles. The van der Waals surface area contributed by atoms with Crippen LogP contribution in [0.2, 0.25) is 0 Å². The van der Waals surface area contributed by atoms with Crippen molar-refractivity contribution in [3.05, 3.63) is 77.1 Å². The molecule has 5 heteroatoms. The lowest BCUT2D eigenvalue weighted by Gasteiger charge is -2.22. The first kappa shape index (κ1) is 18.6. The first-order valence-electron chi connectivity index (χ1n) is 8.77. The Morgan fingerprint density at radius 2 is 1.78 bits per heavy atom. The van der Waals surface area contributed by atoms with Crippen molar-refractivity contribution in [2.45, 2.75) is 32.7 Å². The summed E-state index contributed by atoms with van der Waals surface area (Å²) in [6.45, 7) is 4.86. The number of aryl methyl sites for hydroxylation is 1. The number of nitrogens with zero attached hydrogens (tertiary/aromatic N) is 1. The van der Waals surface area contributed by atoms with Gasteiger partial charge in [0, 0.05) is 23.4 Å². The largest absolute Gasteiger partial charge is 0.480 e. The molecule has 27 heavy (non-hydrogen) atoms. The van der Waals surface area contributed by atoms with Crippen LogP contribution < -0.4 is 5.32 Å². The smallest absolute Gasteiger partial charge is 0.328 e. The maximum absolute atomic E-state index is 12.9. The van der Waals surface area contributed by atoms with Gasteiger partial charge in [-0.3, -0.25) is 9.78 Å². The molecule has 5 nitrogen and oxygen atoms in total. The van der Waals surface area contributed by atoms with Gasteiger partial charge in [-0.15, -0.1) is 0 Å². The van der Waals surface area contributed by atoms with Crippen LogP contribution >= 0.6 is 0 Å². The molecule has 138 valence electrons. The van der Waals surface area contributed by atoms with Crippen LogP contribution in [0.3, 0.4) is 0 Å². The zero-order valence-electron chi connectivity index (χ0n) is 15.6. The molecule has 0 unspecified atom stereocenters. The summed E-state index contributed by atoms with van der Waals surface area (Å²) in [6, 6.07) is 17.3. The number of aliphatic carboxylic acids is 1. The predicted octanol–water partition coefficient (Wildman–Crippen LogP) is 3.73. The second kappa shape index (κ2) is 7.19. The van der Waals surface area contributed by atoms with Crippen LogP contribution in [0.5, 0.6) is 0 Å². The van der Waals surface area contributed by atoms with E-state index in [9.17, 15) is 14.7 Å². The van der Waals surface area contributed by atoms with Crippen LogP contribution in [0.25, 0.3) is 10.8 Å². The van der Waals surface area contributed by atoms with Crippen molar-refractivity contribution in [1.82, 2.24) is 10.3 Å². The number of carbonyl (C=O) groups is 2. The minimum Gasteiger partial charge on any atom is -0.480 e. The van der Waals surface area contributed by atoms with Gasteiger partial charge in [-0.2, -0.15) is 0 Å². The molecule has 3 aromatic rings. The fourth-order valence-corrected chi connectivity index (χ4v) is 3.02. The summed E-state index contributed by atoms with van der Waals surface area (Å²) in [4.78, 5) is 28.8. The van der Waals surface area contributed by atoms with Crippen molar-refractivity contribution in [3.8, 4) is 0 Å². The SMILES string of the molecule is Cc1cccc(Cc2c(C(=O)NC(C)(C)C(=O)O)ccc3ccccc23)n1. The maximum Gasteiger partial charge on any atom is 0.328 e. The third-order valence-corrected chi connectivity index (χ3v) is 4.55. The molecule has 0 radical (unpaired) electrons. The van der Waals surface area contributed by atoms with Gasteiger partial charge in [0.2, 0.25) is 0 Å². The van der Waals surface area contributed by atoms with E-state index in [1.807, 2.05) is 55.5 Å². The Morgan fingerprint density at radius 3 is 2.48 bits per heavy atom. The van der Waals surface area contributed by atoms with Gasteiger partial charge in [-0.25, -0.2) is 4.79 Å². The number of rotatable bonds is 5. The Morgan fingerprint density at radius 1 is 1.04 bits per heavy atom. The molecule has 0 spiro atoms. The Kier molecular flexibility index (Phi) is 4.95. The van der Waals surface area contributed by atoms with E-state index < -0.39 is 17.4 Å². The van der Waals surface area contributed by atoms with E-state index in [2.05, 4.69) is 10.3 Å². The molecule has 0 aliphatic heterocycles. The van der Waals surface area contributed by atoms with Gasteiger partial charge in [0.15, 0.2) is 0 Å². The molecular formula is C22H22N2O3. The average molecular weight is 362 g/mol. The Labute approximate surface area is 158 Å². The standard InChI is InChI=1S/C22H22N2O3/c1-14-7-6-9-16(23-14)13-19-17-10-5-4-8-15(17)11-12-18(19)20(25)24-22(2,3)21(26)27/h4-12H,13H2,1-3H3,(H,24,25)(H,26,27). The average Bonchev–Trinajstić information content (AvgIpc) is 2.61. The number of carboxylic acids is 1. The summed E-state index contributed by atoms with van der Waals surface area (Å²) in [5, 5.41) is 13.9. The van der Waals surface area contributed by atoms with Crippen LogP contribution in [0.4, 0.5) is 0 Å². The summed E-state index contributed by atoms with van der Waals surface area (Å²) in [7, 11) is 0. The number of aromatic nitrogens is 1. The van der Waals surface area contributed by atoms with Crippen molar-refractivity contribution in [3.63, 3.8) is 0 Å². The lowest BCUT2D eigenvalue weighted by atomic mass is 9.94. The first-order valence-corrected chi connectivity index (χ1v) is 8.77. The summed E-state index contributed by atoms with van der Waals surface area (Å²) in [6.07, 6.45) is 0.485. The number of carboxylic acid groups (broad SMARTS) is 1. The summed E-state index contributed by atoms with van der Waals surface area (Å²) in [5.74, 6) is -1.49. The first-order chi connectivity index (χ1) is 12.8. The van der Waals surface area contributed by atoms with E-state index in [-0.39, 0.29) is 0 Å². The minimum absolute atomic E-state index is 0.407. The molecule has 2 N–H and O–H groups in total. The number of benzene rings is 2. The number of fused-ring (bicyclic) bond motifs is 1. The molecule has 1 amide bonds. The highest BCUT2D eigenvalue weighted by molar-refractivity contribution is 6.03. The van der Waals surface area contributed by atoms with Gasteiger partial charge in [-0.05, 0) is 55.3 Å². The van der Waals surface area contributed by atoms with E-state index in [1.54, 1.807) is 6.07 Å². The van der Waals surface area contributed by atoms with Crippen LogP contribution in [-0.4, -0.2) is 27.5 Å². The van der Waals surface area contributed by atoms with Crippen molar-refractivity contribution in [2.24, 2.45) is 0 Å². The topological polar surface area (TPSA) is 79.3 Å². The van der Waals surface area contributed by atoms with Crippen LogP contribution in [-0.2, 0) is 11.2 Å². The summed E-state index contributed by atoms with van der Waals surface area (Å²) >= 11 is 0. The molecule has 2 aromatic carbocycles. The lowest BCUT2D eigenvalue weighted by Crippen LogP contribution is -2.49. The summed E-state index contributed by atoms with van der Waals surface area (Å²) < 4.78 is 0. The summed E-state index contributed by atoms with van der Waals surface area (Å²) in [5.41, 5.74) is 1.71. The fourth-order valence-electron chi connectivity index (χ4n) is 3.02. The quantitative estimate of drug-likeness (QED) is 0.725. The molecule has 0 atom stereocenters. The van der Waals surface area contributed by atoms with Crippen molar-refractivity contribution in [2.75, 3.05) is 0 Å². The molecular weight excluding hydrogens is 340 g/mol. The van der Waals surface area contributed by atoms with Crippen LogP contribution in [0.15, 0.2) is 54.6 Å². The Hall–Kier alpha value is -3.21. The van der Waals surface area contributed by atoms with Crippen molar-refractivity contribution >= 4 is 22.6 Å². The van der Waals surface area contributed by atoms with Gasteiger partial charge >= 0.3 is 5.97 Å². The molecule has 0 aliphatic rings. The maximum atomic E-state index is 12.9. The van der Waals surface area contributed by atoms with Gasteiger partial charge in [0.05, 0.1) is 0 Å². The van der Waals surface area contributed by atoms with Gasteiger partial charge in [0.1, 0.15) is 5.54 Å². The van der Waals surface area contributed by atoms with E-state index in [4.69, 9.17) is 0 Å². The molecule has 0 saturated heterocycles. The number of carbonyl (C=O) groups excluding carboxylic acids is 1. The van der Waals surface area contributed by atoms with E-state index >= 15 is 0 Å². The zero-order valence-corrected chi connectivity index (χ0v) is 15.6. The number of nitrogens with one attached hydrogen (secondary N) is 1. The van der Waals surface area contributed by atoms with Gasteiger partial charge in [0.25, 0.3) is 5.91 Å². The molecule has 0 saturated carbocycles. The fraction of sp³-hybridized carbons (Fsp3) is 0.227. The number of hydrogen-bond acceptors (Lipinski definition) is 3. The van der Waals surface area contributed by atoms with E-state index in [0.29, 0.717) is 12.0 Å². The van der Waals surface area contributed by atoms with E-state index in [1.165, 1.54) is 13.8 Å². The van der Waals surface area contributed by atoms with Crippen molar-refractivity contribution < 1.29 is 14.7 Å².